The Morgan fingerprint density at radius 2 is 0.489 bits per heavy atom. The maximum Gasteiger partial charge on any atom is 0.472 e. The number of aliphatic hydroxyl groups is 1. The molecule has 0 aliphatic carbocycles. The van der Waals surface area contributed by atoms with Crippen molar-refractivity contribution in [1.82, 2.24) is 0 Å². The second kappa shape index (κ2) is 66.9. The van der Waals surface area contributed by atoms with E-state index >= 15 is 0 Å². The van der Waals surface area contributed by atoms with Gasteiger partial charge in [0.05, 0.1) is 26.4 Å². The summed E-state index contributed by atoms with van der Waals surface area (Å²) in [4.78, 5) is 72.8. The van der Waals surface area contributed by atoms with Gasteiger partial charge in [0.1, 0.15) is 19.3 Å². The molecule has 94 heavy (non-hydrogen) atoms. The number of rotatable bonds is 74. The van der Waals surface area contributed by atoms with E-state index in [9.17, 15) is 43.2 Å². The molecule has 2 unspecified atom stereocenters. The number of phosphoric ester groups is 2. The van der Waals surface area contributed by atoms with Crippen LogP contribution >= 0.6 is 15.6 Å². The Morgan fingerprint density at radius 3 is 0.723 bits per heavy atom. The van der Waals surface area contributed by atoms with Gasteiger partial charge in [-0.2, -0.15) is 0 Å². The van der Waals surface area contributed by atoms with Crippen LogP contribution < -0.4 is 0 Å². The molecule has 0 rings (SSSR count). The first-order valence-electron chi connectivity index (χ1n) is 39.0. The van der Waals surface area contributed by atoms with Crippen LogP contribution in [0.25, 0.3) is 0 Å². The topological polar surface area (TPSA) is 237 Å². The number of unbranched alkanes of at least 4 members (excludes halogenated alkanes) is 44. The number of aliphatic hydroxyl groups excluding tert-OH is 1. The van der Waals surface area contributed by atoms with Crippen LogP contribution in [-0.4, -0.2) is 96.7 Å². The molecular formula is C75H146O17P2. The quantitative estimate of drug-likeness (QED) is 0.0222. The van der Waals surface area contributed by atoms with Crippen molar-refractivity contribution >= 4 is 39.5 Å². The Balaban J connectivity index is 5.25. The van der Waals surface area contributed by atoms with E-state index < -0.39 is 97.5 Å². The molecule has 3 N–H and O–H groups in total. The number of esters is 4. The molecule has 0 heterocycles. The van der Waals surface area contributed by atoms with E-state index in [0.29, 0.717) is 31.6 Å². The van der Waals surface area contributed by atoms with Crippen molar-refractivity contribution in [2.24, 2.45) is 11.8 Å². The molecule has 0 amide bonds. The van der Waals surface area contributed by atoms with E-state index in [1.54, 1.807) is 0 Å². The molecule has 0 aliphatic rings. The lowest BCUT2D eigenvalue weighted by Crippen LogP contribution is -2.30. The summed E-state index contributed by atoms with van der Waals surface area (Å²) in [6.45, 7) is 9.55. The molecule has 5 atom stereocenters. The van der Waals surface area contributed by atoms with E-state index in [1.165, 1.54) is 199 Å². The summed E-state index contributed by atoms with van der Waals surface area (Å²) >= 11 is 0. The molecule has 558 valence electrons. The highest BCUT2D eigenvalue weighted by Gasteiger charge is 2.30. The summed E-state index contributed by atoms with van der Waals surface area (Å²) in [6.07, 6.45) is 54.0. The lowest BCUT2D eigenvalue weighted by molar-refractivity contribution is -0.161. The number of phosphoric acid groups is 2. The van der Waals surface area contributed by atoms with Gasteiger partial charge in [0.2, 0.25) is 0 Å². The zero-order valence-corrected chi connectivity index (χ0v) is 63.1. The molecule has 0 saturated carbocycles. The largest absolute Gasteiger partial charge is 0.472 e. The number of ether oxygens (including phenoxy) is 4. The zero-order valence-electron chi connectivity index (χ0n) is 61.3. The first-order chi connectivity index (χ1) is 45.4. The fourth-order valence-corrected chi connectivity index (χ4v) is 13.1. The van der Waals surface area contributed by atoms with Crippen LogP contribution in [0.1, 0.15) is 388 Å². The van der Waals surface area contributed by atoms with Gasteiger partial charge in [-0.1, -0.05) is 337 Å². The molecule has 0 aliphatic heterocycles. The Morgan fingerprint density at radius 1 is 0.287 bits per heavy atom. The number of carbonyl (C=O) groups is 4. The third-order valence-corrected chi connectivity index (χ3v) is 19.4. The first kappa shape index (κ1) is 92.1. The van der Waals surface area contributed by atoms with Gasteiger partial charge in [-0.25, -0.2) is 9.13 Å². The minimum Gasteiger partial charge on any atom is -0.462 e. The van der Waals surface area contributed by atoms with E-state index in [-0.39, 0.29) is 25.7 Å². The smallest absolute Gasteiger partial charge is 0.462 e. The highest BCUT2D eigenvalue weighted by Crippen LogP contribution is 2.45. The summed E-state index contributed by atoms with van der Waals surface area (Å²) < 4.78 is 68.5. The van der Waals surface area contributed by atoms with Crippen LogP contribution in [0, 0.1) is 11.8 Å². The van der Waals surface area contributed by atoms with Crippen LogP contribution in [0.4, 0.5) is 0 Å². The number of hydrogen-bond donors (Lipinski definition) is 3. The van der Waals surface area contributed by atoms with Crippen LogP contribution in [0.15, 0.2) is 0 Å². The second-order valence-electron chi connectivity index (χ2n) is 28.0. The number of carbonyl (C=O) groups excluding carboxylic acids is 4. The van der Waals surface area contributed by atoms with Gasteiger partial charge >= 0.3 is 39.5 Å². The highest BCUT2D eigenvalue weighted by molar-refractivity contribution is 7.47. The molecule has 0 fully saturated rings. The zero-order chi connectivity index (χ0) is 69.3. The van der Waals surface area contributed by atoms with Crippen molar-refractivity contribution in [3.8, 4) is 0 Å². The SMILES string of the molecule is CCCCCCCCCCCCCCCCCC(=O)OC[C@H](COP(=O)(O)OC[C@@H](O)COP(=O)(O)OC[C@@H](COC(=O)CCCCCCCCCC(C)C)OC(=O)CCCCCCCCCCCCCCCC)OC(=O)CCCCCCCCCCCCCCC(C)C. The van der Waals surface area contributed by atoms with E-state index in [0.717, 1.165) is 102 Å². The third-order valence-electron chi connectivity index (χ3n) is 17.5. The lowest BCUT2D eigenvalue weighted by atomic mass is 10.0. The number of hydrogen-bond acceptors (Lipinski definition) is 15. The summed E-state index contributed by atoms with van der Waals surface area (Å²) in [6, 6.07) is 0. The van der Waals surface area contributed by atoms with Crippen molar-refractivity contribution in [1.29, 1.82) is 0 Å². The fourth-order valence-electron chi connectivity index (χ4n) is 11.5. The minimum atomic E-state index is -4.96. The molecule has 0 aromatic heterocycles. The van der Waals surface area contributed by atoms with Gasteiger partial charge in [0.15, 0.2) is 12.2 Å². The predicted octanol–water partition coefficient (Wildman–Crippen LogP) is 21.9. The van der Waals surface area contributed by atoms with Crippen molar-refractivity contribution in [3.63, 3.8) is 0 Å². The van der Waals surface area contributed by atoms with Gasteiger partial charge in [0, 0.05) is 25.7 Å². The normalized spacial score (nSPS) is 14.0. The van der Waals surface area contributed by atoms with E-state index in [1.807, 2.05) is 0 Å². The summed E-state index contributed by atoms with van der Waals surface area (Å²) in [5.74, 6) is -0.634. The van der Waals surface area contributed by atoms with Crippen molar-refractivity contribution in [2.75, 3.05) is 39.6 Å². The van der Waals surface area contributed by atoms with Crippen molar-refractivity contribution in [3.05, 3.63) is 0 Å². The van der Waals surface area contributed by atoms with Gasteiger partial charge in [-0.3, -0.25) is 37.3 Å². The molecule has 19 heteroatoms. The third kappa shape index (κ3) is 68.6. The highest BCUT2D eigenvalue weighted by atomic mass is 31.2. The van der Waals surface area contributed by atoms with Crippen LogP contribution in [0.5, 0.6) is 0 Å². The monoisotopic (exact) mass is 1380 g/mol. The molecule has 0 saturated heterocycles. The maximum atomic E-state index is 13.1. The summed E-state index contributed by atoms with van der Waals surface area (Å²) in [5, 5.41) is 10.6. The van der Waals surface area contributed by atoms with Gasteiger partial charge in [0.25, 0.3) is 0 Å². The average Bonchev–Trinajstić information content (AvgIpc) is 2.01. The minimum absolute atomic E-state index is 0.107. The molecule has 0 aromatic rings. The first-order valence-corrected chi connectivity index (χ1v) is 42.0. The molecule has 0 spiro atoms. The van der Waals surface area contributed by atoms with Gasteiger partial charge < -0.3 is 33.8 Å². The van der Waals surface area contributed by atoms with Crippen molar-refractivity contribution in [2.45, 2.75) is 407 Å². The average molecular weight is 1380 g/mol. The summed E-state index contributed by atoms with van der Waals surface area (Å²) in [7, 11) is -9.91. The fraction of sp³-hybridized carbons (Fsp3) is 0.947. The second-order valence-corrected chi connectivity index (χ2v) is 30.9. The maximum absolute atomic E-state index is 13.1. The lowest BCUT2D eigenvalue weighted by Gasteiger charge is -2.21. The van der Waals surface area contributed by atoms with Gasteiger partial charge in [-0.05, 0) is 37.5 Å². The Kier molecular flexibility index (Phi) is 65.5. The van der Waals surface area contributed by atoms with Crippen molar-refractivity contribution < 1.29 is 80.2 Å². The van der Waals surface area contributed by atoms with E-state index in [2.05, 4.69) is 41.5 Å². The Bertz CT molecular complexity index is 1820. The van der Waals surface area contributed by atoms with Gasteiger partial charge in [-0.15, -0.1) is 0 Å². The van der Waals surface area contributed by atoms with Crippen LogP contribution in [0.2, 0.25) is 0 Å². The molecule has 0 bridgehead atoms. The Labute approximate surface area is 575 Å². The van der Waals surface area contributed by atoms with Crippen LogP contribution in [0.3, 0.4) is 0 Å². The van der Waals surface area contributed by atoms with Crippen LogP contribution in [-0.2, 0) is 65.4 Å². The molecule has 0 radical (unpaired) electrons. The van der Waals surface area contributed by atoms with E-state index in [4.69, 9.17) is 37.0 Å². The standard InChI is InChI=1S/C75H146O17P2/c1-7-9-11-13-15-17-19-21-23-25-29-33-39-45-51-57-72(77)85-63-70(91-75(80)60-54-48-41-35-31-27-26-28-32-37-43-49-55-67(3)4)65-89-93(81,82)87-61-69(76)62-88-94(83,84)90-66-71(64-86-73(78)58-52-46-42-36-38-44-50-56-68(5)6)92-74(79)59-53-47-40-34-30-24-22-20-18-16-14-12-10-8-2/h67-71,76H,7-66H2,1-6H3,(H,81,82)(H,83,84)/t69-,70-,71-/m1/s1. The summed E-state index contributed by atoms with van der Waals surface area (Å²) in [5.41, 5.74) is 0. The molecule has 17 nitrogen and oxygen atoms in total. The Hall–Kier alpha value is -1.94. The predicted molar refractivity (Wildman–Crippen MR) is 381 cm³/mol. The molecular weight excluding hydrogens is 1230 g/mol. The molecule has 0 aromatic carbocycles.